The van der Waals surface area contributed by atoms with E-state index in [0.29, 0.717) is 12.5 Å². The van der Waals surface area contributed by atoms with Gasteiger partial charge in [0, 0.05) is 23.4 Å². The van der Waals surface area contributed by atoms with E-state index in [1.54, 1.807) is 12.1 Å². The molecule has 2 heterocycles. The third kappa shape index (κ3) is 5.53. The van der Waals surface area contributed by atoms with E-state index in [4.69, 9.17) is 14.6 Å². The highest BCUT2D eigenvalue weighted by Gasteiger charge is 2.12. The molecule has 0 aliphatic rings. The van der Waals surface area contributed by atoms with Crippen LogP contribution >= 0.6 is 11.5 Å². The number of aliphatic hydroxyl groups is 2. The number of hydrogen-bond acceptors (Lipinski definition) is 7. The molecule has 0 amide bonds. The summed E-state index contributed by atoms with van der Waals surface area (Å²) in [6.07, 6.45) is -0.934. The van der Waals surface area contributed by atoms with Gasteiger partial charge in [-0.1, -0.05) is 29.7 Å². The van der Waals surface area contributed by atoms with Gasteiger partial charge in [0.05, 0.1) is 11.5 Å². The van der Waals surface area contributed by atoms with Crippen LogP contribution in [0.25, 0.3) is 21.6 Å². The van der Waals surface area contributed by atoms with Gasteiger partial charge in [0.15, 0.2) is 0 Å². The molecule has 8 heteroatoms. The minimum atomic E-state index is -0.934. The maximum atomic E-state index is 11.4. The number of benzene rings is 2. The van der Waals surface area contributed by atoms with Gasteiger partial charge in [0.2, 0.25) is 5.88 Å². The number of nitrogens with zero attached hydrogens (tertiary/aromatic N) is 1. The zero-order valence-corrected chi connectivity index (χ0v) is 19.8. The Morgan fingerprint density at radius 2 is 1.82 bits per heavy atom. The molecule has 34 heavy (non-hydrogen) atoms. The summed E-state index contributed by atoms with van der Waals surface area (Å²) in [4.78, 5) is 16.7. The van der Waals surface area contributed by atoms with E-state index in [-0.39, 0.29) is 18.8 Å². The maximum Gasteiger partial charge on any atom is 0.258 e. The first-order chi connectivity index (χ1) is 16.4. The van der Waals surface area contributed by atoms with E-state index >= 15 is 0 Å². The van der Waals surface area contributed by atoms with Crippen molar-refractivity contribution in [3.8, 4) is 33.2 Å². The molecule has 0 spiro atoms. The monoisotopic (exact) mass is 478 g/mol. The van der Waals surface area contributed by atoms with Gasteiger partial charge >= 0.3 is 0 Å². The fraction of sp³-hybridized carbons (Fsp3) is 0.231. The fourth-order valence-corrected chi connectivity index (χ4v) is 4.26. The van der Waals surface area contributed by atoms with Crippen LogP contribution < -0.4 is 15.0 Å². The van der Waals surface area contributed by atoms with Crippen molar-refractivity contribution in [1.82, 2.24) is 9.36 Å². The molecule has 1 atom stereocenters. The molecule has 0 bridgehead atoms. The van der Waals surface area contributed by atoms with Crippen molar-refractivity contribution in [3.05, 3.63) is 87.8 Å². The molecule has 3 N–H and O–H groups in total. The first-order valence-corrected chi connectivity index (χ1v) is 11.7. The van der Waals surface area contributed by atoms with Crippen LogP contribution in [0, 0.1) is 13.8 Å². The quantitative estimate of drug-likeness (QED) is 0.335. The van der Waals surface area contributed by atoms with Crippen molar-refractivity contribution in [2.24, 2.45) is 0 Å². The molecule has 0 unspecified atom stereocenters. The molecule has 2 aromatic carbocycles. The number of nitrogens with one attached hydrogen (secondary N) is 1. The molecule has 0 aliphatic carbocycles. The van der Waals surface area contributed by atoms with Crippen molar-refractivity contribution in [2.45, 2.75) is 26.6 Å². The lowest BCUT2D eigenvalue weighted by atomic mass is 9.96. The first-order valence-electron chi connectivity index (χ1n) is 10.8. The Hall–Kier alpha value is -3.46. The Balaban J connectivity index is 1.46. The number of aryl methyl sites for hydroxylation is 1. The molecule has 0 fully saturated rings. The van der Waals surface area contributed by atoms with Crippen LogP contribution in [0.3, 0.4) is 0 Å². The highest BCUT2D eigenvalue weighted by molar-refractivity contribution is 7.09. The van der Waals surface area contributed by atoms with Crippen LogP contribution in [-0.4, -0.2) is 38.9 Å². The standard InChI is InChI=1S/C26H26N2O5S/c1-16-19(14-32-21-8-6-18(7-9-21)24-12-25(31)28-34-24)4-3-5-22(16)23-10-11-26(27-17(23)2)33-15-20(30)13-29/h3-12,20,29-30H,13-15H2,1-2H3,(H,28,31)/t20-/m1/s1. The number of aromatic nitrogens is 2. The third-order valence-corrected chi connectivity index (χ3v) is 6.36. The number of pyridine rings is 1. The molecule has 0 radical (unpaired) electrons. The van der Waals surface area contributed by atoms with Crippen molar-refractivity contribution < 1.29 is 19.7 Å². The van der Waals surface area contributed by atoms with Gasteiger partial charge in [0.1, 0.15) is 25.1 Å². The van der Waals surface area contributed by atoms with Crippen LogP contribution in [0.2, 0.25) is 0 Å². The summed E-state index contributed by atoms with van der Waals surface area (Å²) in [5, 5.41) is 18.4. The summed E-state index contributed by atoms with van der Waals surface area (Å²) < 4.78 is 14.2. The molecule has 4 rings (SSSR count). The lowest BCUT2D eigenvalue weighted by Crippen LogP contribution is -2.21. The van der Waals surface area contributed by atoms with Crippen molar-refractivity contribution >= 4 is 11.5 Å². The van der Waals surface area contributed by atoms with Crippen LogP contribution in [0.15, 0.2) is 65.5 Å². The minimum absolute atomic E-state index is 0.0133. The van der Waals surface area contributed by atoms with Gasteiger partial charge in [0.25, 0.3) is 5.56 Å². The van der Waals surface area contributed by atoms with E-state index < -0.39 is 6.10 Å². The summed E-state index contributed by atoms with van der Waals surface area (Å²) in [5.74, 6) is 1.15. The largest absolute Gasteiger partial charge is 0.489 e. The summed E-state index contributed by atoms with van der Waals surface area (Å²) >= 11 is 1.31. The Kier molecular flexibility index (Phi) is 7.42. The molecule has 0 aliphatic heterocycles. The highest BCUT2D eigenvalue weighted by Crippen LogP contribution is 2.30. The van der Waals surface area contributed by atoms with Gasteiger partial charge in [-0.15, -0.1) is 0 Å². The van der Waals surface area contributed by atoms with Gasteiger partial charge in [-0.2, -0.15) is 0 Å². The van der Waals surface area contributed by atoms with Crippen LogP contribution in [0.5, 0.6) is 11.6 Å². The van der Waals surface area contributed by atoms with Gasteiger partial charge in [-0.25, -0.2) is 4.98 Å². The maximum absolute atomic E-state index is 11.4. The Bertz CT molecular complexity index is 1310. The van der Waals surface area contributed by atoms with E-state index in [1.807, 2.05) is 49.4 Å². The SMILES string of the molecule is Cc1nc(OC[C@H](O)CO)ccc1-c1cccc(COc2ccc(-c3cc(=O)[nH]s3)cc2)c1C. The summed E-state index contributed by atoms with van der Waals surface area (Å²) in [6.45, 7) is 4.02. The van der Waals surface area contributed by atoms with E-state index in [9.17, 15) is 9.90 Å². The number of aromatic amines is 1. The lowest BCUT2D eigenvalue weighted by molar-refractivity contribution is 0.0521. The third-order valence-electron chi connectivity index (χ3n) is 5.49. The van der Waals surface area contributed by atoms with Gasteiger partial charge in [-0.05, 0) is 66.4 Å². The van der Waals surface area contributed by atoms with Crippen molar-refractivity contribution in [1.29, 1.82) is 0 Å². The predicted octanol–water partition coefficient (Wildman–Crippen LogP) is 4.09. The predicted molar refractivity (Wildman–Crippen MR) is 132 cm³/mol. The average molecular weight is 479 g/mol. The van der Waals surface area contributed by atoms with E-state index in [1.165, 1.54) is 11.5 Å². The molecular formula is C26H26N2O5S. The van der Waals surface area contributed by atoms with Crippen molar-refractivity contribution in [2.75, 3.05) is 13.2 Å². The molecule has 0 saturated heterocycles. The summed E-state index contributed by atoms with van der Waals surface area (Å²) in [6, 6.07) is 19.1. The molecular weight excluding hydrogens is 452 g/mol. The second-order valence-corrected chi connectivity index (χ2v) is 8.76. The van der Waals surface area contributed by atoms with E-state index in [0.717, 1.165) is 44.1 Å². The van der Waals surface area contributed by atoms with E-state index in [2.05, 4.69) is 22.3 Å². The van der Waals surface area contributed by atoms with Crippen LogP contribution in [0.1, 0.15) is 16.8 Å². The lowest BCUT2D eigenvalue weighted by Gasteiger charge is -2.15. The highest BCUT2D eigenvalue weighted by atomic mass is 32.1. The number of hydrogen-bond donors (Lipinski definition) is 3. The number of rotatable bonds is 9. The van der Waals surface area contributed by atoms with Gasteiger partial charge < -0.3 is 19.7 Å². The second kappa shape index (κ2) is 10.6. The fourth-order valence-electron chi connectivity index (χ4n) is 3.57. The normalized spacial score (nSPS) is 11.9. The molecule has 4 aromatic rings. The Morgan fingerprint density at radius 1 is 1.03 bits per heavy atom. The van der Waals surface area contributed by atoms with Gasteiger partial charge in [-0.3, -0.25) is 9.17 Å². The second-order valence-electron chi connectivity index (χ2n) is 7.91. The first kappa shape index (κ1) is 23.7. The minimum Gasteiger partial charge on any atom is -0.489 e. The summed E-state index contributed by atoms with van der Waals surface area (Å²) in [7, 11) is 0. The smallest absolute Gasteiger partial charge is 0.258 e. The number of ether oxygens (including phenoxy) is 2. The average Bonchev–Trinajstić information content (AvgIpc) is 3.29. The zero-order valence-electron chi connectivity index (χ0n) is 18.9. The Labute approximate surface area is 201 Å². The molecule has 7 nitrogen and oxygen atoms in total. The topological polar surface area (TPSA) is 105 Å². The molecule has 2 aromatic heterocycles. The zero-order chi connectivity index (χ0) is 24.1. The number of aliphatic hydroxyl groups excluding tert-OH is 2. The van der Waals surface area contributed by atoms with Crippen LogP contribution in [0.4, 0.5) is 0 Å². The number of H-pyrrole nitrogens is 1. The Morgan fingerprint density at radius 3 is 2.50 bits per heavy atom. The van der Waals surface area contributed by atoms with Crippen molar-refractivity contribution in [3.63, 3.8) is 0 Å². The summed E-state index contributed by atoms with van der Waals surface area (Å²) in [5.41, 5.74) is 5.90. The molecule has 0 saturated carbocycles. The van der Waals surface area contributed by atoms with Crippen LogP contribution in [-0.2, 0) is 6.61 Å². The molecule has 176 valence electrons.